The molecule has 2 rings (SSSR count). The van der Waals surface area contributed by atoms with Crippen molar-refractivity contribution in [2.24, 2.45) is 0 Å². The van der Waals surface area contributed by atoms with Gasteiger partial charge in [0.05, 0.1) is 5.75 Å². The number of halogens is 1. The van der Waals surface area contributed by atoms with E-state index in [4.69, 9.17) is 11.6 Å². The largest absolute Gasteiger partial charge is 0.303 e. The number of sulfone groups is 1. The standard InChI is InChI=1S/C13H16ClNO2S/c1-2-13(10-4-3-5-11(14)8-10)15-12-6-7-18(16,17)9-12/h3-8,12-13,15H,2,9H2,1H3. The van der Waals surface area contributed by atoms with Gasteiger partial charge in [0.1, 0.15) is 0 Å². The summed E-state index contributed by atoms with van der Waals surface area (Å²) < 4.78 is 22.7. The number of hydrogen-bond acceptors (Lipinski definition) is 3. The molecule has 0 bridgehead atoms. The van der Waals surface area contributed by atoms with E-state index in [9.17, 15) is 8.42 Å². The molecule has 1 N–H and O–H groups in total. The highest BCUT2D eigenvalue weighted by molar-refractivity contribution is 7.94. The van der Waals surface area contributed by atoms with Crippen molar-refractivity contribution in [3.8, 4) is 0 Å². The summed E-state index contributed by atoms with van der Waals surface area (Å²) in [7, 11) is -3.01. The lowest BCUT2D eigenvalue weighted by molar-refractivity contribution is 0.491. The fourth-order valence-electron chi connectivity index (χ4n) is 2.11. The highest BCUT2D eigenvalue weighted by Crippen LogP contribution is 2.22. The van der Waals surface area contributed by atoms with Crippen LogP contribution >= 0.6 is 11.6 Å². The molecule has 0 radical (unpaired) electrons. The topological polar surface area (TPSA) is 46.2 Å². The second kappa shape index (κ2) is 5.43. The van der Waals surface area contributed by atoms with Crippen LogP contribution in [-0.2, 0) is 9.84 Å². The molecule has 0 aliphatic carbocycles. The summed E-state index contributed by atoms with van der Waals surface area (Å²) in [5.41, 5.74) is 1.09. The first kappa shape index (κ1) is 13.6. The highest BCUT2D eigenvalue weighted by Gasteiger charge is 2.23. The van der Waals surface area contributed by atoms with Gasteiger partial charge in [0.15, 0.2) is 9.84 Å². The molecular formula is C13H16ClNO2S. The Labute approximate surface area is 113 Å². The number of benzene rings is 1. The number of nitrogens with one attached hydrogen (secondary N) is 1. The monoisotopic (exact) mass is 285 g/mol. The summed E-state index contributed by atoms with van der Waals surface area (Å²) in [4.78, 5) is 0. The normalized spacial score (nSPS) is 23.1. The molecule has 2 unspecified atom stereocenters. The zero-order valence-electron chi connectivity index (χ0n) is 10.1. The van der Waals surface area contributed by atoms with Crippen molar-refractivity contribution in [1.82, 2.24) is 5.32 Å². The average molecular weight is 286 g/mol. The number of hydrogen-bond donors (Lipinski definition) is 1. The summed E-state index contributed by atoms with van der Waals surface area (Å²) in [6.07, 6.45) is 2.59. The lowest BCUT2D eigenvalue weighted by atomic mass is 10.0. The molecule has 0 amide bonds. The van der Waals surface area contributed by atoms with E-state index in [-0.39, 0.29) is 17.8 Å². The molecule has 0 spiro atoms. The molecule has 1 heterocycles. The fraction of sp³-hybridized carbons (Fsp3) is 0.385. The Morgan fingerprint density at radius 2 is 2.28 bits per heavy atom. The van der Waals surface area contributed by atoms with Crippen molar-refractivity contribution in [3.05, 3.63) is 46.3 Å². The molecule has 1 aliphatic rings. The molecule has 5 heteroatoms. The van der Waals surface area contributed by atoms with Gasteiger partial charge >= 0.3 is 0 Å². The zero-order chi connectivity index (χ0) is 13.2. The van der Waals surface area contributed by atoms with Crippen LogP contribution in [0.5, 0.6) is 0 Å². The maximum atomic E-state index is 11.4. The minimum Gasteiger partial charge on any atom is -0.303 e. The van der Waals surface area contributed by atoms with Crippen molar-refractivity contribution in [2.75, 3.05) is 5.75 Å². The molecular weight excluding hydrogens is 270 g/mol. The Bertz CT molecular complexity index is 554. The minimum atomic E-state index is -3.01. The molecule has 0 saturated carbocycles. The molecule has 1 aromatic carbocycles. The van der Waals surface area contributed by atoms with Gasteiger partial charge in [-0.1, -0.05) is 36.7 Å². The summed E-state index contributed by atoms with van der Waals surface area (Å²) in [5.74, 6) is 0.143. The fourth-order valence-corrected chi connectivity index (χ4v) is 3.56. The molecule has 18 heavy (non-hydrogen) atoms. The van der Waals surface area contributed by atoms with E-state index in [1.807, 2.05) is 24.3 Å². The highest BCUT2D eigenvalue weighted by atomic mass is 35.5. The molecule has 1 aliphatic heterocycles. The Hall–Kier alpha value is -0.840. The molecule has 3 nitrogen and oxygen atoms in total. The van der Waals surface area contributed by atoms with Gasteiger partial charge < -0.3 is 5.32 Å². The predicted molar refractivity (Wildman–Crippen MR) is 74.3 cm³/mol. The maximum Gasteiger partial charge on any atom is 0.173 e. The van der Waals surface area contributed by atoms with Crippen LogP contribution in [0.2, 0.25) is 5.02 Å². The van der Waals surface area contributed by atoms with Crippen molar-refractivity contribution >= 4 is 21.4 Å². The van der Waals surface area contributed by atoms with Gasteiger partial charge in [-0.25, -0.2) is 8.42 Å². The number of rotatable bonds is 4. The van der Waals surface area contributed by atoms with Crippen LogP contribution in [-0.4, -0.2) is 20.2 Å². The molecule has 0 saturated heterocycles. The van der Waals surface area contributed by atoms with Crippen LogP contribution in [0.25, 0.3) is 0 Å². The maximum absolute atomic E-state index is 11.4. The third-order valence-electron chi connectivity index (χ3n) is 3.00. The second-order valence-corrected chi connectivity index (χ2v) is 6.81. The molecule has 98 valence electrons. The van der Waals surface area contributed by atoms with E-state index in [2.05, 4.69) is 12.2 Å². The SMILES string of the molecule is CCC(NC1C=CS(=O)(=O)C1)c1cccc(Cl)c1. The van der Waals surface area contributed by atoms with Crippen LogP contribution in [0.3, 0.4) is 0 Å². The first-order chi connectivity index (χ1) is 8.50. The van der Waals surface area contributed by atoms with Crippen molar-refractivity contribution in [3.63, 3.8) is 0 Å². The summed E-state index contributed by atoms with van der Waals surface area (Å²) in [6, 6.07) is 7.66. The van der Waals surface area contributed by atoms with Gasteiger partial charge in [-0.15, -0.1) is 0 Å². The Balaban J connectivity index is 2.09. The molecule has 0 fully saturated rings. The van der Waals surface area contributed by atoms with Gasteiger partial charge in [-0.05, 0) is 24.1 Å². The van der Waals surface area contributed by atoms with Crippen LogP contribution in [0.4, 0.5) is 0 Å². The average Bonchev–Trinajstić information content (AvgIpc) is 2.65. The third-order valence-corrected chi connectivity index (χ3v) is 4.64. The second-order valence-electron chi connectivity index (χ2n) is 4.45. The molecule has 2 atom stereocenters. The Morgan fingerprint density at radius 1 is 1.50 bits per heavy atom. The van der Waals surface area contributed by atoms with Crippen molar-refractivity contribution in [2.45, 2.75) is 25.4 Å². The zero-order valence-corrected chi connectivity index (χ0v) is 11.7. The van der Waals surface area contributed by atoms with Crippen molar-refractivity contribution in [1.29, 1.82) is 0 Å². The van der Waals surface area contributed by atoms with Crippen molar-refractivity contribution < 1.29 is 8.42 Å². The van der Waals surface area contributed by atoms with Crippen LogP contribution in [0.15, 0.2) is 35.7 Å². The van der Waals surface area contributed by atoms with E-state index in [1.165, 1.54) is 5.41 Å². The van der Waals surface area contributed by atoms with E-state index >= 15 is 0 Å². The predicted octanol–water partition coefficient (Wildman–Crippen LogP) is 2.69. The third kappa shape index (κ3) is 3.34. The smallest absolute Gasteiger partial charge is 0.173 e. The molecule has 1 aromatic rings. The summed E-state index contributed by atoms with van der Waals surface area (Å²) >= 11 is 5.97. The summed E-state index contributed by atoms with van der Waals surface area (Å²) in [6.45, 7) is 2.06. The lowest BCUT2D eigenvalue weighted by Crippen LogP contribution is -2.33. The van der Waals surface area contributed by atoms with Gasteiger partial charge in [-0.3, -0.25) is 0 Å². The van der Waals surface area contributed by atoms with Gasteiger partial charge in [-0.2, -0.15) is 0 Å². The van der Waals surface area contributed by atoms with Gasteiger partial charge in [0.25, 0.3) is 0 Å². The Kier molecular flexibility index (Phi) is 4.10. The van der Waals surface area contributed by atoms with Crippen LogP contribution in [0.1, 0.15) is 24.9 Å². The van der Waals surface area contributed by atoms with E-state index < -0.39 is 9.84 Å². The minimum absolute atomic E-state index is 0.112. The van der Waals surface area contributed by atoms with E-state index in [0.717, 1.165) is 12.0 Å². The lowest BCUT2D eigenvalue weighted by Gasteiger charge is -2.21. The van der Waals surface area contributed by atoms with Gasteiger partial charge in [0, 0.05) is 22.5 Å². The van der Waals surface area contributed by atoms with Gasteiger partial charge in [0.2, 0.25) is 0 Å². The molecule has 0 aromatic heterocycles. The van der Waals surface area contributed by atoms with Crippen LogP contribution in [0, 0.1) is 0 Å². The van der Waals surface area contributed by atoms with Crippen LogP contribution < -0.4 is 5.32 Å². The van der Waals surface area contributed by atoms with E-state index in [0.29, 0.717) is 5.02 Å². The first-order valence-electron chi connectivity index (χ1n) is 5.92. The Morgan fingerprint density at radius 3 is 2.83 bits per heavy atom. The summed E-state index contributed by atoms with van der Waals surface area (Å²) in [5, 5.41) is 5.32. The van der Waals surface area contributed by atoms with E-state index in [1.54, 1.807) is 6.08 Å². The quantitative estimate of drug-likeness (QED) is 0.925. The first-order valence-corrected chi connectivity index (χ1v) is 8.02.